The lowest BCUT2D eigenvalue weighted by Crippen LogP contribution is -1.95. The molecule has 0 aliphatic rings. The van der Waals surface area contributed by atoms with Crippen LogP contribution >= 0.6 is 0 Å². The zero-order valence-electron chi connectivity index (χ0n) is 16.9. The molecule has 0 atom stereocenters. The molecule has 0 unspecified atom stereocenters. The van der Waals surface area contributed by atoms with Gasteiger partial charge in [0.2, 0.25) is 0 Å². The van der Waals surface area contributed by atoms with E-state index in [4.69, 9.17) is 0 Å². The van der Waals surface area contributed by atoms with E-state index in [2.05, 4.69) is 117 Å². The van der Waals surface area contributed by atoms with E-state index in [1.807, 2.05) is 0 Å². The molecular formula is C29H24. The molecule has 0 heteroatoms. The summed E-state index contributed by atoms with van der Waals surface area (Å²) >= 11 is 0. The molecule has 0 aromatic heterocycles. The Morgan fingerprint density at radius 2 is 0.897 bits per heavy atom. The normalized spacial score (nSPS) is 11.4. The molecule has 5 aromatic rings. The van der Waals surface area contributed by atoms with Crippen LogP contribution in [0.5, 0.6) is 0 Å². The van der Waals surface area contributed by atoms with Gasteiger partial charge in [-0.15, -0.1) is 0 Å². The molecule has 0 heterocycles. The van der Waals surface area contributed by atoms with Crippen molar-refractivity contribution in [2.75, 3.05) is 0 Å². The lowest BCUT2D eigenvalue weighted by atomic mass is 9.83. The second-order valence-corrected chi connectivity index (χ2v) is 7.95. The average Bonchev–Trinajstić information content (AvgIpc) is 2.78. The van der Waals surface area contributed by atoms with Gasteiger partial charge < -0.3 is 0 Å². The summed E-state index contributed by atoms with van der Waals surface area (Å²) in [5, 5.41) is 5.26. The second kappa shape index (κ2) is 7.22. The molecule has 140 valence electrons. The fourth-order valence-electron chi connectivity index (χ4n) is 4.56. The summed E-state index contributed by atoms with van der Waals surface area (Å²) in [4.78, 5) is 0. The minimum atomic E-state index is 0.470. The van der Waals surface area contributed by atoms with E-state index in [0.717, 1.165) is 0 Å². The molecule has 0 amide bonds. The van der Waals surface area contributed by atoms with Crippen LogP contribution in [0.1, 0.15) is 25.3 Å². The molecule has 0 nitrogen and oxygen atoms in total. The van der Waals surface area contributed by atoms with Crippen LogP contribution in [-0.4, -0.2) is 0 Å². The minimum Gasteiger partial charge on any atom is -0.0622 e. The number of hydrogen-bond acceptors (Lipinski definition) is 0. The highest BCUT2D eigenvalue weighted by molar-refractivity contribution is 6.21. The average molecular weight is 373 g/mol. The Bertz CT molecular complexity index is 1250. The molecule has 0 radical (unpaired) electrons. The number of fused-ring (bicyclic) bond motifs is 2. The van der Waals surface area contributed by atoms with Crippen LogP contribution in [0.2, 0.25) is 0 Å². The minimum absolute atomic E-state index is 0.470. The van der Waals surface area contributed by atoms with E-state index < -0.39 is 0 Å². The Balaban J connectivity index is 2.00. The summed E-state index contributed by atoms with van der Waals surface area (Å²) in [7, 11) is 0. The zero-order chi connectivity index (χ0) is 19.8. The van der Waals surface area contributed by atoms with Crippen LogP contribution in [0.15, 0.2) is 103 Å². The van der Waals surface area contributed by atoms with Gasteiger partial charge in [0.1, 0.15) is 0 Å². The van der Waals surface area contributed by atoms with E-state index in [1.165, 1.54) is 49.4 Å². The van der Waals surface area contributed by atoms with Crippen LogP contribution in [0.25, 0.3) is 43.8 Å². The summed E-state index contributed by atoms with van der Waals surface area (Å²) in [6.45, 7) is 4.56. The Labute approximate surface area is 172 Å². The van der Waals surface area contributed by atoms with Crippen molar-refractivity contribution in [2.45, 2.75) is 19.8 Å². The molecule has 0 saturated heterocycles. The molecule has 5 aromatic carbocycles. The molecular weight excluding hydrogens is 348 g/mol. The Kier molecular flexibility index (Phi) is 4.41. The highest BCUT2D eigenvalue weighted by Gasteiger charge is 2.18. The highest BCUT2D eigenvalue weighted by atomic mass is 14.2. The van der Waals surface area contributed by atoms with Crippen molar-refractivity contribution in [3.05, 3.63) is 109 Å². The first-order chi connectivity index (χ1) is 14.3. The van der Waals surface area contributed by atoms with Crippen molar-refractivity contribution in [1.82, 2.24) is 0 Å². The number of rotatable bonds is 3. The first-order valence-corrected chi connectivity index (χ1v) is 10.3. The van der Waals surface area contributed by atoms with E-state index in [0.29, 0.717) is 5.92 Å². The van der Waals surface area contributed by atoms with Gasteiger partial charge in [-0.05, 0) is 55.3 Å². The zero-order valence-corrected chi connectivity index (χ0v) is 16.9. The van der Waals surface area contributed by atoms with Crippen molar-refractivity contribution < 1.29 is 0 Å². The molecule has 0 saturated carbocycles. The largest absolute Gasteiger partial charge is 0.0622 e. The van der Waals surface area contributed by atoms with Crippen molar-refractivity contribution in [3.63, 3.8) is 0 Å². The first kappa shape index (κ1) is 17.7. The van der Waals surface area contributed by atoms with Crippen molar-refractivity contribution in [2.24, 2.45) is 0 Å². The smallest absolute Gasteiger partial charge is 0.00235 e. The monoisotopic (exact) mass is 372 g/mol. The standard InChI is InChI=1S/C29H24/c1-20(2)22-14-6-7-15-23(22)29-26-18-10-8-16-24(26)28(21-12-4-3-5-13-21)25-17-9-11-19-27(25)29/h3-20H,1-2H3. The molecule has 0 spiro atoms. The van der Waals surface area contributed by atoms with Gasteiger partial charge in [-0.1, -0.05) is 117 Å². The summed E-state index contributed by atoms with van der Waals surface area (Å²) in [6, 6.07) is 37.4. The lowest BCUT2D eigenvalue weighted by Gasteiger charge is -2.20. The van der Waals surface area contributed by atoms with Gasteiger partial charge in [-0.2, -0.15) is 0 Å². The highest BCUT2D eigenvalue weighted by Crippen LogP contribution is 2.44. The number of benzene rings is 5. The summed E-state index contributed by atoms with van der Waals surface area (Å²) in [6.07, 6.45) is 0. The predicted molar refractivity (Wildman–Crippen MR) is 126 cm³/mol. The maximum atomic E-state index is 2.28. The second-order valence-electron chi connectivity index (χ2n) is 7.95. The van der Waals surface area contributed by atoms with Crippen molar-refractivity contribution >= 4 is 21.5 Å². The van der Waals surface area contributed by atoms with Gasteiger partial charge in [0.05, 0.1) is 0 Å². The van der Waals surface area contributed by atoms with Crippen LogP contribution < -0.4 is 0 Å². The van der Waals surface area contributed by atoms with Gasteiger partial charge in [0, 0.05) is 0 Å². The molecule has 29 heavy (non-hydrogen) atoms. The van der Waals surface area contributed by atoms with Gasteiger partial charge in [-0.3, -0.25) is 0 Å². The molecule has 0 bridgehead atoms. The van der Waals surface area contributed by atoms with Crippen LogP contribution in [0, 0.1) is 0 Å². The molecule has 0 aliphatic heterocycles. The van der Waals surface area contributed by atoms with Crippen LogP contribution in [-0.2, 0) is 0 Å². The van der Waals surface area contributed by atoms with Gasteiger partial charge in [0.15, 0.2) is 0 Å². The summed E-state index contributed by atoms with van der Waals surface area (Å²) in [5.41, 5.74) is 6.68. The Morgan fingerprint density at radius 3 is 1.45 bits per heavy atom. The van der Waals surface area contributed by atoms with Crippen molar-refractivity contribution in [1.29, 1.82) is 0 Å². The summed E-state index contributed by atoms with van der Waals surface area (Å²) in [5.74, 6) is 0.470. The molecule has 5 rings (SSSR count). The fraction of sp³-hybridized carbons (Fsp3) is 0.103. The quantitative estimate of drug-likeness (QED) is 0.279. The maximum Gasteiger partial charge on any atom is -0.00235 e. The maximum absolute atomic E-state index is 2.28. The number of hydrogen-bond donors (Lipinski definition) is 0. The molecule has 0 N–H and O–H groups in total. The van der Waals surface area contributed by atoms with Gasteiger partial charge in [-0.25, -0.2) is 0 Å². The third-order valence-corrected chi connectivity index (χ3v) is 5.85. The van der Waals surface area contributed by atoms with Gasteiger partial charge >= 0.3 is 0 Å². The molecule has 0 fully saturated rings. The molecule has 0 aliphatic carbocycles. The fourth-order valence-corrected chi connectivity index (χ4v) is 4.56. The van der Waals surface area contributed by atoms with E-state index >= 15 is 0 Å². The topological polar surface area (TPSA) is 0 Å². The van der Waals surface area contributed by atoms with Crippen LogP contribution in [0.4, 0.5) is 0 Å². The lowest BCUT2D eigenvalue weighted by molar-refractivity contribution is 0.869. The third kappa shape index (κ3) is 2.93. The van der Waals surface area contributed by atoms with Gasteiger partial charge in [0.25, 0.3) is 0 Å². The SMILES string of the molecule is CC(C)c1ccccc1-c1c2ccccc2c(-c2ccccc2)c2ccccc12. The first-order valence-electron chi connectivity index (χ1n) is 10.3. The van der Waals surface area contributed by atoms with E-state index in [9.17, 15) is 0 Å². The van der Waals surface area contributed by atoms with E-state index in [-0.39, 0.29) is 0 Å². The van der Waals surface area contributed by atoms with Crippen molar-refractivity contribution in [3.8, 4) is 22.3 Å². The Morgan fingerprint density at radius 1 is 0.448 bits per heavy atom. The van der Waals surface area contributed by atoms with Crippen LogP contribution in [0.3, 0.4) is 0 Å². The predicted octanol–water partition coefficient (Wildman–Crippen LogP) is 8.45. The summed E-state index contributed by atoms with van der Waals surface area (Å²) < 4.78 is 0. The Hall–Kier alpha value is -3.38. The third-order valence-electron chi connectivity index (χ3n) is 5.85. The van der Waals surface area contributed by atoms with E-state index in [1.54, 1.807) is 0 Å².